The van der Waals surface area contributed by atoms with Gasteiger partial charge >= 0.3 is 11.9 Å². The van der Waals surface area contributed by atoms with Crippen LogP contribution in [0.4, 0.5) is 0 Å². The molecule has 2 rings (SSSR count). The molecule has 6 heteroatoms. The van der Waals surface area contributed by atoms with E-state index in [-0.39, 0.29) is 12.2 Å². The van der Waals surface area contributed by atoms with E-state index in [1.807, 2.05) is 26.0 Å². The van der Waals surface area contributed by atoms with E-state index in [0.717, 1.165) is 29.9 Å². The Morgan fingerprint density at radius 1 is 1.20 bits per heavy atom. The lowest BCUT2D eigenvalue weighted by atomic mass is 10.1. The zero-order chi connectivity index (χ0) is 22.3. The number of aromatic nitrogens is 1. The van der Waals surface area contributed by atoms with Gasteiger partial charge in [-0.3, -0.25) is 0 Å². The Morgan fingerprint density at radius 3 is 2.43 bits per heavy atom. The first kappa shape index (κ1) is 23.0. The Morgan fingerprint density at radius 2 is 1.87 bits per heavy atom. The van der Waals surface area contributed by atoms with Crippen LogP contribution in [0.2, 0.25) is 0 Å². The van der Waals surface area contributed by atoms with Crippen LogP contribution in [0.3, 0.4) is 0 Å². The van der Waals surface area contributed by atoms with Crippen LogP contribution in [0, 0.1) is 31.1 Å². The molecule has 0 bridgehead atoms. The summed E-state index contributed by atoms with van der Waals surface area (Å²) in [5.41, 5.74) is 4.03. The highest BCUT2D eigenvalue weighted by Crippen LogP contribution is 2.20. The second kappa shape index (κ2) is 10.4. The molecule has 158 valence electrons. The van der Waals surface area contributed by atoms with Crippen LogP contribution in [0.1, 0.15) is 53.1 Å². The molecule has 0 aliphatic carbocycles. The number of nitriles is 1. The third-order valence-corrected chi connectivity index (χ3v) is 4.93. The fourth-order valence-electron chi connectivity index (χ4n) is 3.08. The van der Waals surface area contributed by atoms with Crippen LogP contribution < -0.4 is 0 Å². The molecule has 0 fully saturated rings. The molecular formula is C24H28N2O4. The number of carbonyl (C=O) groups is 2. The topological polar surface area (TPSA) is 81.3 Å². The molecule has 0 amide bonds. The van der Waals surface area contributed by atoms with Crippen molar-refractivity contribution in [2.24, 2.45) is 5.92 Å². The maximum Gasteiger partial charge on any atom is 0.349 e. The summed E-state index contributed by atoms with van der Waals surface area (Å²) in [4.78, 5) is 23.9. The lowest BCUT2D eigenvalue weighted by molar-refractivity contribution is -0.139. The monoisotopic (exact) mass is 408 g/mol. The SMILES string of the molecule is COC(=O)c1ccc(COC(=O)/C(C#N)=C/c2cc(C)n(CCC(C)C)c2C)cc1. The van der Waals surface area contributed by atoms with E-state index in [4.69, 9.17) is 4.74 Å². The zero-order valence-corrected chi connectivity index (χ0v) is 18.2. The fourth-order valence-corrected chi connectivity index (χ4v) is 3.08. The minimum absolute atomic E-state index is 0.00666. The summed E-state index contributed by atoms with van der Waals surface area (Å²) in [6, 6.07) is 10.5. The normalized spacial score (nSPS) is 11.3. The Labute approximate surface area is 177 Å². The number of nitrogens with zero attached hydrogens (tertiary/aromatic N) is 2. The maximum absolute atomic E-state index is 12.4. The molecule has 6 nitrogen and oxygen atoms in total. The molecule has 0 spiro atoms. The van der Waals surface area contributed by atoms with E-state index in [1.54, 1.807) is 30.3 Å². The number of carbonyl (C=O) groups excluding carboxylic acids is 2. The van der Waals surface area contributed by atoms with Crippen LogP contribution in [-0.2, 0) is 27.4 Å². The van der Waals surface area contributed by atoms with Gasteiger partial charge in [-0.1, -0.05) is 26.0 Å². The Kier molecular flexibility index (Phi) is 7.99. The number of aryl methyl sites for hydroxylation is 1. The van der Waals surface area contributed by atoms with Crippen molar-refractivity contribution in [1.29, 1.82) is 5.26 Å². The van der Waals surface area contributed by atoms with Crippen molar-refractivity contribution < 1.29 is 19.1 Å². The first-order valence-electron chi connectivity index (χ1n) is 9.89. The number of esters is 2. The second-order valence-corrected chi connectivity index (χ2v) is 7.60. The zero-order valence-electron chi connectivity index (χ0n) is 18.2. The van der Waals surface area contributed by atoms with Crippen molar-refractivity contribution in [3.05, 3.63) is 64.0 Å². The highest BCUT2D eigenvalue weighted by atomic mass is 16.5. The van der Waals surface area contributed by atoms with Crippen molar-refractivity contribution in [3.63, 3.8) is 0 Å². The first-order chi connectivity index (χ1) is 14.3. The molecule has 30 heavy (non-hydrogen) atoms. The van der Waals surface area contributed by atoms with Gasteiger partial charge in [0, 0.05) is 17.9 Å². The molecule has 1 heterocycles. The fraction of sp³-hybridized carbons (Fsp3) is 0.375. The van der Waals surface area contributed by atoms with Gasteiger partial charge < -0.3 is 14.0 Å². The molecule has 1 aromatic heterocycles. The van der Waals surface area contributed by atoms with Gasteiger partial charge in [0.1, 0.15) is 18.2 Å². The summed E-state index contributed by atoms with van der Waals surface area (Å²) in [5, 5.41) is 9.45. The molecule has 0 saturated heterocycles. The van der Waals surface area contributed by atoms with Crippen LogP contribution in [0.15, 0.2) is 35.9 Å². The van der Waals surface area contributed by atoms with E-state index < -0.39 is 11.9 Å². The van der Waals surface area contributed by atoms with Crippen LogP contribution >= 0.6 is 0 Å². The molecule has 0 saturated carbocycles. The van der Waals surface area contributed by atoms with Crippen LogP contribution in [0.25, 0.3) is 6.08 Å². The maximum atomic E-state index is 12.4. The quantitative estimate of drug-likeness (QED) is 0.363. The standard InChI is InChI=1S/C24H28N2O4/c1-16(2)10-11-26-17(3)12-21(18(26)4)13-22(14-25)24(28)30-15-19-6-8-20(9-7-19)23(27)29-5/h6-9,12-13,16H,10-11,15H2,1-5H3/b22-13+. The van der Waals surface area contributed by atoms with Crippen molar-refractivity contribution >= 4 is 18.0 Å². The average Bonchev–Trinajstić information content (AvgIpc) is 3.00. The largest absolute Gasteiger partial charge is 0.465 e. The summed E-state index contributed by atoms with van der Waals surface area (Å²) in [6.45, 7) is 9.28. The molecule has 0 unspecified atom stereocenters. The summed E-state index contributed by atoms with van der Waals surface area (Å²) < 4.78 is 12.1. The number of hydrogen-bond acceptors (Lipinski definition) is 5. The summed E-state index contributed by atoms with van der Waals surface area (Å²) in [6.07, 6.45) is 2.64. The number of benzene rings is 1. The van der Waals surface area contributed by atoms with Gasteiger partial charge in [0.2, 0.25) is 0 Å². The van der Waals surface area contributed by atoms with Crippen molar-refractivity contribution in [1.82, 2.24) is 4.57 Å². The first-order valence-corrected chi connectivity index (χ1v) is 9.89. The molecule has 0 aliphatic rings. The van der Waals surface area contributed by atoms with E-state index in [9.17, 15) is 14.9 Å². The minimum atomic E-state index is -0.679. The van der Waals surface area contributed by atoms with Gasteiger partial charge in [-0.15, -0.1) is 0 Å². The molecule has 0 radical (unpaired) electrons. The number of methoxy groups -OCH3 is 1. The molecule has 1 aromatic carbocycles. The van der Waals surface area contributed by atoms with Gasteiger partial charge in [-0.2, -0.15) is 5.26 Å². The Hall–Kier alpha value is -3.33. The Balaban J connectivity index is 2.09. The number of ether oxygens (including phenoxy) is 2. The average molecular weight is 408 g/mol. The molecule has 2 aromatic rings. The van der Waals surface area contributed by atoms with E-state index in [2.05, 4.69) is 23.2 Å². The molecule has 0 aliphatic heterocycles. The van der Waals surface area contributed by atoms with Crippen LogP contribution in [0.5, 0.6) is 0 Å². The van der Waals surface area contributed by atoms with E-state index >= 15 is 0 Å². The summed E-state index contributed by atoms with van der Waals surface area (Å²) >= 11 is 0. The second-order valence-electron chi connectivity index (χ2n) is 7.60. The lowest BCUT2D eigenvalue weighted by Gasteiger charge is -2.11. The van der Waals surface area contributed by atoms with Crippen molar-refractivity contribution in [2.75, 3.05) is 7.11 Å². The number of rotatable bonds is 8. The van der Waals surface area contributed by atoms with E-state index in [0.29, 0.717) is 17.0 Å². The third kappa shape index (κ3) is 5.84. The predicted molar refractivity (Wildman–Crippen MR) is 115 cm³/mol. The van der Waals surface area contributed by atoms with Gasteiger partial charge in [0.05, 0.1) is 12.7 Å². The predicted octanol–water partition coefficient (Wildman–Crippen LogP) is 4.59. The van der Waals surface area contributed by atoms with Gasteiger partial charge in [-0.25, -0.2) is 9.59 Å². The Bertz CT molecular complexity index is 976. The summed E-state index contributed by atoms with van der Waals surface area (Å²) in [7, 11) is 1.31. The molecule has 0 N–H and O–H groups in total. The van der Waals surface area contributed by atoms with Gasteiger partial charge in [0.15, 0.2) is 0 Å². The smallest absolute Gasteiger partial charge is 0.349 e. The van der Waals surface area contributed by atoms with Crippen LogP contribution in [-0.4, -0.2) is 23.6 Å². The number of hydrogen-bond donors (Lipinski definition) is 0. The lowest BCUT2D eigenvalue weighted by Crippen LogP contribution is -2.08. The van der Waals surface area contributed by atoms with Crippen molar-refractivity contribution in [3.8, 4) is 6.07 Å². The molecule has 0 atom stereocenters. The van der Waals surface area contributed by atoms with E-state index in [1.165, 1.54) is 7.11 Å². The minimum Gasteiger partial charge on any atom is -0.465 e. The third-order valence-electron chi connectivity index (χ3n) is 4.93. The highest BCUT2D eigenvalue weighted by molar-refractivity contribution is 5.98. The molecular weight excluding hydrogens is 380 g/mol. The van der Waals surface area contributed by atoms with Crippen molar-refractivity contribution in [2.45, 2.75) is 47.3 Å². The van der Waals surface area contributed by atoms with Gasteiger partial charge in [-0.05, 0) is 61.6 Å². The summed E-state index contributed by atoms with van der Waals surface area (Å²) in [5.74, 6) is -0.516. The highest BCUT2D eigenvalue weighted by Gasteiger charge is 2.15. The van der Waals surface area contributed by atoms with Gasteiger partial charge in [0.25, 0.3) is 0 Å².